The molecule has 9 nitrogen and oxygen atoms in total. The number of anilines is 2. The second-order valence-corrected chi connectivity index (χ2v) is 6.81. The molecule has 3 aromatic rings. The molecule has 29 heavy (non-hydrogen) atoms. The van der Waals surface area contributed by atoms with Crippen molar-refractivity contribution in [2.45, 2.75) is 32.2 Å². The Balaban J connectivity index is 1.57. The van der Waals surface area contributed by atoms with Gasteiger partial charge < -0.3 is 15.2 Å². The fraction of sp³-hybridized carbons (Fsp3) is 0.300. The Morgan fingerprint density at radius 3 is 2.93 bits per heavy atom. The summed E-state index contributed by atoms with van der Waals surface area (Å²) in [6, 6.07) is 3.53. The minimum absolute atomic E-state index is 0.0403. The Kier molecular flexibility index (Phi) is 5.55. The molecule has 2 N–H and O–H groups in total. The van der Waals surface area contributed by atoms with Crippen LogP contribution >= 0.6 is 0 Å². The molecule has 1 aliphatic rings. The fourth-order valence-corrected chi connectivity index (χ4v) is 3.42. The molecule has 0 aromatic carbocycles. The number of nitrogens with one attached hydrogen (secondary N) is 2. The number of aryl methyl sites for hydroxylation is 1. The summed E-state index contributed by atoms with van der Waals surface area (Å²) in [6.07, 6.45) is 12.8. The summed E-state index contributed by atoms with van der Waals surface area (Å²) in [4.78, 5) is 39.1. The third-order valence-electron chi connectivity index (χ3n) is 4.72. The first kappa shape index (κ1) is 18.7. The number of carbonyl (C=O) groups is 1. The van der Waals surface area contributed by atoms with Crippen LogP contribution in [0.2, 0.25) is 0 Å². The molecule has 1 fully saturated rings. The van der Waals surface area contributed by atoms with Gasteiger partial charge in [0.2, 0.25) is 11.9 Å². The van der Waals surface area contributed by atoms with E-state index in [-0.39, 0.29) is 11.9 Å². The van der Waals surface area contributed by atoms with Gasteiger partial charge in [0.25, 0.3) is 0 Å². The largest absolute Gasteiger partial charge is 0.345 e. The van der Waals surface area contributed by atoms with Crippen molar-refractivity contribution in [1.29, 1.82) is 0 Å². The number of carbonyl (C=O) groups excluding carboxylic acids is 1. The van der Waals surface area contributed by atoms with E-state index in [2.05, 4.69) is 35.2 Å². The summed E-state index contributed by atoms with van der Waals surface area (Å²) < 4.78 is 0. The van der Waals surface area contributed by atoms with Gasteiger partial charge in [-0.25, -0.2) is 24.9 Å². The molecule has 0 radical (unpaired) electrons. The summed E-state index contributed by atoms with van der Waals surface area (Å²) in [5.74, 6) is 1.67. The topological polar surface area (TPSA) is 113 Å². The first-order valence-electron chi connectivity index (χ1n) is 9.56. The van der Waals surface area contributed by atoms with E-state index >= 15 is 0 Å². The van der Waals surface area contributed by atoms with Crippen LogP contribution < -0.4 is 5.32 Å². The maximum atomic E-state index is 12.9. The van der Waals surface area contributed by atoms with Gasteiger partial charge in [-0.05, 0) is 38.3 Å². The first-order chi connectivity index (χ1) is 14.2. The number of aromatic nitrogens is 6. The van der Waals surface area contributed by atoms with E-state index in [1.165, 1.54) is 0 Å². The van der Waals surface area contributed by atoms with E-state index in [0.717, 1.165) is 30.7 Å². The van der Waals surface area contributed by atoms with Crippen molar-refractivity contribution in [2.24, 2.45) is 0 Å². The van der Waals surface area contributed by atoms with Crippen molar-refractivity contribution in [2.75, 3.05) is 11.9 Å². The van der Waals surface area contributed by atoms with Crippen molar-refractivity contribution in [1.82, 2.24) is 34.8 Å². The molecular weight excluding hydrogens is 368 g/mol. The zero-order chi connectivity index (χ0) is 20.1. The number of hydrogen-bond donors (Lipinski definition) is 2. The molecule has 0 aliphatic carbocycles. The molecule has 9 heteroatoms. The lowest BCUT2D eigenvalue weighted by Crippen LogP contribution is -2.38. The summed E-state index contributed by atoms with van der Waals surface area (Å²) in [5.41, 5.74) is 1.61. The van der Waals surface area contributed by atoms with Gasteiger partial charge in [0.05, 0.1) is 30.0 Å². The second-order valence-electron chi connectivity index (χ2n) is 6.81. The van der Waals surface area contributed by atoms with Crippen molar-refractivity contribution in [3.8, 4) is 0 Å². The Labute approximate surface area is 168 Å². The molecule has 0 spiro atoms. The predicted molar refractivity (Wildman–Crippen MR) is 108 cm³/mol. The Morgan fingerprint density at radius 1 is 1.28 bits per heavy atom. The van der Waals surface area contributed by atoms with Gasteiger partial charge in [-0.2, -0.15) is 0 Å². The molecule has 1 aliphatic heterocycles. The van der Waals surface area contributed by atoms with Gasteiger partial charge in [-0.1, -0.05) is 0 Å². The maximum absolute atomic E-state index is 12.9. The molecule has 4 rings (SSSR count). The average molecular weight is 390 g/mol. The minimum atomic E-state index is -0.0957. The van der Waals surface area contributed by atoms with Crippen LogP contribution in [-0.2, 0) is 4.79 Å². The van der Waals surface area contributed by atoms with E-state index in [4.69, 9.17) is 0 Å². The highest BCUT2D eigenvalue weighted by atomic mass is 16.2. The zero-order valence-corrected chi connectivity index (χ0v) is 16.1. The van der Waals surface area contributed by atoms with Crippen molar-refractivity contribution < 1.29 is 4.79 Å². The highest BCUT2D eigenvalue weighted by molar-refractivity contribution is 5.91. The number of aromatic amines is 1. The van der Waals surface area contributed by atoms with Crippen LogP contribution in [-0.4, -0.2) is 47.3 Å². The van der Waals surface area contributed by atoms with Crippen molar-refractivity contribution in [3.05, 3.63) is 60.3 Å². The van der Waals surface area contributed by atoms with Crippen LogP contribution in [0.4, 0.5) is 11.8 Å². The third-order valence-corrected chi connectivity index (χ3v) is 4.72. The van der Waals surface area contributed by atoms with Crippen LogP contribution in [0.3, 0.4) is 0 Å². The van der Waals surface area contributed by atoms with Crippen LogP contribution in [0, 0.1) is 6.92 Å². The van der Waals surface area contributed by atoms with E-state index in [0.29, 0.717) is 24.1 Å². The van der Waals surface area contributed by atoms with Gasteiger partial charge in [0.1, 0.15) is 11.6 Å². The van der Waals surface area contributed by atoms with E-state index in [9.17, 15) is 4.79 Å². The molecule has 1 saturated heterocycles. The number of imidazole rings is 1. The van der Waals surface area contributed by atoms with Gasteiger partial charge in [-0.15, -0.1) is 0 Å². The van der Waals surface area contributed by atoms with E-state index in [1.807, 2.05) is 17.9 Å². The third kappa shape index (κ3) is 4.63. The average Bonchev–Trinajstić information content (AvgIpc) is 3.26. The second kappa shape index (κ2) is 8.59. The molecule has 1 unspecified atom stereocenters. The lowest BCUT2D eigenvalue weighted by atomic mass is 9.98. The lowest BCUT2D eigenvalue weighted by molar-refractivity contribution is -0.129. The van der Waals surface area contributed by atoms with Crippen molar-refractivity contribution >= 4 is 23.7 Å². The van der Waals surface area contributed by atoms with Gasteiger partial charge in [0, 0.05) is 31.1 Å². The van der Waals surface area contributed by atoms with E-state index in [1.54, 1.807) is 43.1 Å². The summed E-state index contributed by atoms with van der Waals surface area (Å²) in [5, 5.41) is 3.11. The minimum Gasteiger partial charge on any atom is -0.345 e. The van der Waals surface area contributed by atoms with E-state index < -0.39 is 0 Å². The molecular formula is C20H22N8O. The van der Waals surface area contributed by atoms with Crippen LogP contribution in [0.25, 0.3) is 6.08 Å². The fourth-order valence-electron chi connectivity index (χ4n) is 3.42. The summed E-state index contributed by atoms with van der Waals surface area (Å²) in [7, 11) is 0. The zero-order valence-electron chi connectivity index (χ0n) is 16.1. The Bertz CT molecular complexity index is 987. The van der Waals surface area contributed by atoms with Crippen LogP contribution in [0.15, 0.2) is 43.1 Å². The quantitative estimate of drug-likeness (QED) is 0.644. The van der Waals surface area contributed by atoms with Crippen LogP contribution in [0.1, 0.15) is 42.5 Å². The van der Waals surface area contributed by atoms with Gasteiger partial charge in [-0.3, -0.25) is 4.79 Å². The normalized spacial score (nSPS) is 16.9. The standard InChI is InChI=1S/C20H22N8O/c1-14-25-16(11-18(26-14)27-20-22-8-4-9-23-20)17-5-2-3-10-28(17)19(29)7-6-15-12-21-13-24-15/h4,6-9,11-13,17H,2-3,5,10H2,1H3,(H,21,24)(H,22,23,25,26,27)/b7-6+. The highest BCUT2D eigenvalue weighted by Gasteiger charge is 2.28. The number of H-pyrrole nitrogens is 1. The maximum Gasteiger partial charge on any atom is 0.247 e. The number of nitrogens with zero attached hydrogens (tertiary/aromatic N) is 6. The molecule has 0 saturated carbocycles. The SMILES string of the molecule is Cc1nc(Nc2ncccn2)cc(C2CCCCN2C(=O)/C=C/c2cnc[nH]2)n1. The highest BCUT2D eigenvalue weighted by Crippen LogP contribution is 2.31. The predicted octanol–water partition coefficient (Wildman–Crippen LogP) is 2.81. The summed E-state index contributed by atoms with van der Waals surface area (Å²) >= 11 is 0. The smallest absolute Gasteiger partial charge is 0.247 e. The van der Waals surface area contributed by atoms with Crippen molar-refractivity contribution in [3.63, 3.8) is 0 Å². The van der Waals surface area contributed by atoms with Gasteiger partial charge >= 0.3 is 0 Å². The number of rotatable bonds is 5. The van der Waals surface area contributed by atoms with Crippen LogP contribution in [0.5, 0.6) is 0 Å². The molecule has 3 aromatic heterocycles. The number of likely N-dealkylation sites (tertiary alicyclic amines) is 1. The molecule has 1 amide bonds. The first-order valence-corrected chi connectivity index (χ1v) is 9.56. The monoisotopic (exact) mass is 390 g/mol. The number of hydrogen-bond acceptors (Lipinski definition) is 7. The lowest BCUT2D eigenvalue weighted by Gasteiger charge is -2.35. The molecule has 148 valence electrons. The summed E-state index contributed by atoms with van der Waals surface area (Å²) in [6.45, 7) is 2.54. The Morgan fingerprint density at radius 2 is 2.14 bits per heavy atom. The number of piperidine rings is 1. The molecule has 0 bridgehead atoms. The van der Waals surface area contributed by atoms with Gasteiger partial charge in [0.15, 0.2) is 0 Å². The molecule has 1 atom stereocenters. The number of amides is 1. The Hall–Kier alpha value is -3.62. The molecule has 4 heterocycles.